The van der Waals surface area contributed by atoms with Crippen LogP contribution in [0.15, 0.2) is 18.2 Å². The normalized spacial score (nSPS) is 11.9. The molecular weight excluding hydrogens is 258 g/mol. The molecule has 110 valence electrons. The number of hydrogen-bond donors (Lipinski definition) is 2. The zero-order valence-electron chi connectivity index (χ0n) is 11.9. The molecule has 0 spiro atoms. The Morgan fingerprint density at radius 1 is 1.45 bits per heavy atom. The molecule has 0 fully saturated rings. The lowest BCUT2D eigenvalue weighted by Crippen LogP contribution is -2.33. The van der Waals surface area contributed by atoms with Gasteiger partial charge < -0.3 is 11.1 Å². The van der Waals surface area contributed by atoms with Gasteiger partial charge in [0.05, 0.1) is 4.92 Å². The lowest BCUT2D eigenvalue weighted by atomic mass is 10.1. The monoisotopic (exact) mass is 279 g/mol. The zero-order chi connectivity index (χ0) is 15.1. The Bertz CT molecular complexity index is 489. The molecule has 1 aromatic rings. The minimum Gasteiger partial charge on any atom is -0.393 e. The van der Waals surface area contributed by atoms with E-state index in [0.717, 1.165) is 25.7 Å². The van der Waals surface area contributed by atoms with Crippen molar-refractivity contribution in [2.75, 3.05) is 5.73 Å². The van der Waals surface area contributed by atoms with Gasteiger partial charge in [-0.15, -0.1) is 0 Å². The number of rotatable bonds is 7. The van der Waals surface area contributed by atoms with Crippen molar-refractivity contribution in [3.63, 3.8) is 0 Å². The van der Waals surface area contributed by atoms with Gasteiger partial charge in [0, 0.05) is 6.04 Å². The molecule has 0 aliphatic carbocycles. The van der Waals surface area contributed by atoms with Gasteiger partial charge in [-0.05, 0) is 25.5 Å². The summed E-state index contributed by atoms with van der Waals surface area (Å²) in [6.07, 6.45) is 4.10. The average molecular weight is 279 g/mol. The molecular formula is C14H21N3O3. The average Bonchev–Trinajstić information content (AvgIpc) is 2.38. The first-order valence-corrected chi connectivity index (χ1v) is 6.81. The summed E-state index contributed by atoms with van der Waals surface area (Å²) in [5.74, 6) is -0.451. The highest BCUT2D eigenvalue weighted by Crippen LogP contribution is 2.25. The summed E-state index contributed by atoms with van der Waals surface area (Å²) >= 11 is 0. The van der Waals surface area contributed by atoms with Gasteiger partial charge in [0.25, 0.3) is 5.91 Å². The number of nitrogens with two attached hydrogens (primary N) is 1. The van der Waals surface area contributed by atoms with E-state index in [2.05, 4.69) is 12.2 Å². The number of amides is 1. The van der Waals surface area contributed by atoms with Crippen molar-refractivity contribution >= 4 is 17.3 Å². The highest BCUT2D eigenvalue weighted by atomic mass is 16.6. The molecule has 0 saturated carbocycles. The SMILES string of the molecule is CCCCCC(C)NC(=O)c1cccc(N)c1[N+](=O)[O-]. The second-order valence-electron chi connectivity index (χ2n) is 4.87. The fourth-order valence-electron chi connectivity index (χ4n) is 2.02. The zero-order valence-corrected chi connectivity index (χ0v) is 11.9. The van der Waals surface area contributed by atoms with Crippen molar-refractivity contribution < 1.29 is 9.72 Å². The van der Waals surface area contributed by atoms with Crippen LogP contribution in [0.4, 0.5) is 11.4 Å². The number of carbonyl (C=O) groups is 1. The molecule has 1 rings (SSSR count). The summed E-state index contributed by atoms with van der Waals surface area (Å²) in [5.41, 5.74) is 5.25. The van der Waals surface area contributed by atoms with Gasteiger partial charge in [-0.1, -0.05) is 32.3 Å². The third kappa shape index (κ3) is 4.22. The summed E-state index contributed by atoms with van der Waals surface area (Å²) in [6.45, 7) is 4.01. The van der Waals surface area contributed by atoms with Crippen LogP contribution in [0.3, 0.4) is 0 Å². The Morgan fingerprint density at radius 2 is 2.15 bits per heavy atom. The first kappa shape index (κ1) is 15.9. The minimum atomic E-state index is -0.619. The van der Waals surface area contributed by atoms with E-state index in [9.17, 15) is 14.9 Å². The van der Waals surface area contributed by atoms with Gasteiger partial charge in [-0.25, -0.2) is 0 Å². The van der Waals surface area contributed by atoms with Crippen LogP contribution in [0.5, 0.6) is 0 Å². The molecule has 0 aliphatic heterocycles. The number of nitrogen functional groups attached to an aromatic ring is 1. The number of hydrogen-bond acceptors (Lipinski definition) is 4. The van der Waals surface area contributed by atoms with Crippen molar-refractivity contribution in [1.29, 1.82) is 0 Å². The molecule has 20 heavy (non-hydrogen) atoms. The molecule has 0 heterocycles. The number of para-hydroxylation sites is 1. The lowest BCUT2D eigenvalue weighted by molar-refractivity contribution is -0.384. The van der Waals surface area contributed by atoms with E-state index < -0.39 is 10.8 Å². The predicted octanol–water partition coefficient (Wildman–Crippen LogP) is 2.88. The maximum absolute atomic E-state index is 12.1. The quantitative estimate of drug-likeness (QED) is 0.347. The van der Waals surface area contributed by atoms with E-state index in [0.29, 0.717) is 0 Å². The minimum absolute atomic E-state index is 0.00119. The Hall–Kier alpha value is -2.11. The number of anilines is 1. The largest absolute Gasteiger partial charge is 0.393 e. The fraction of sp³-hybridized carbons (Fsp3) is 0.500. The lowest BCUT2D eigenvalue weighted by Gasteiger charge is -2.14. The Balaban J connectivity index is 2.77. The summed E-state index contributed by atoms with van der Waals surface area (Å²) in [7, 11) is 0. The number of nitro benzene ring substituents is 1. The van der Waals surface area contributed by atoms with Gasteiger partial charge in [0.2, 0.25) is 0 Å². The van der Waals surface area contributed by atoms with Gasteiger partial charge >= 0.3 is 5.69 Å². The number of nitro groups is 1. The standard InChI is InChI=1S/C14H21N3O3/c1-3-4-5-7-10(2)16-14(18)11-8-6-9-12(15)13(11)17(19)20/h6,8-10H,3-5,7,15H2,1-2H3,(H,16,18). The Morgan fingerprint density at radius 3 is 2.75 bits per heavy atom. The van der Waals surface area contributed by atoms with E-state index in [1.54, 1.807) is 6.07 Å². The van der Waals surface area contributed by atoms with Gasteiger partial charge in [0.1, 0.15) is 11.3 Å². The molecule has 6 nitrogen and oxygen atoms in total. The molecule has 0 radical (unpaired) electrons. The van der Waals surface area contributed by atoms with Gasteiger partial charge in [-0.3, -0.25) is 14.9 Å². The number of carbonyl (C=O) groups excluding carboxylic acids is 1. The smallest absolute Gasteiger partial charge is 0.304 e. The van der Waals surface area contributed by atoms with E-state index in [1.165, 1.54) is 12.1 Å². The van der Waals surface area contributed by atoms with Crippen molar-refractivity contribution in [2.45, 2.75) is 45.6 Å². The molecule has 1 aromatic carbocycles. The van der Waals surface area contributed by atoms with Crippen molar-refractivity contribution in [1.82, 2.24) is 5.32 Å². The second-order valence-corrected chi connectivity index (χ2v) is 4.87. The molecule has 0 aliphatic rings. The summed E-state index contributed by atoms with van der Waals surface area (Å²) in [4.78, 5) is 22.5. The summed E-state index contributed by atoms with van der Waals surface area (Å²) in [6, 6.07) is 4.36. The van der Waals surface area contributed by atoms with Crippen molar-refractivity contribution in [2.24, 2.45) is 0 Å². The highest BCUT2D eigenvalue weighted by molar-refractivity contribution is 6.00. The van der Waals surface area contributed by atoms with Crippen LogP contribution in [0.2, 0.25) is 0 Å². The topological polar surface area (TPSA) is 98.3 Å². The first-order chi connectivity index (χ1) is 9.47. The molecule has 6 heteroatoms. The fourth-order valence-corrected chi connectivity index (χ4v) is 2.02. The third-order valence-electron chi connectivity index (χ3n) is 3.11. The molecule has 0 aromatic heterocycles. The van der Waals surface area contributed by atoms with Crippen LogP contribution < -0.4 is 11.1 Å². The van der Waals surface area contributed by atoms with Crippen molar-refractivity contribution in [3.05, 3.63) is 33.9 Å². The van der Waals surface area contributed by atoms with Gasteiger partial charge in [0.15, 0.2) is 0 Å². The number of nitrogens with zero attached hydrogens (tertiary/aromatic N) is 1. The van der Waals surface area contributed by atoms with Crippen LogP contribution in [0, 0.1) is 10.1 Å². The van der Waals surface area contributed by atoms with Crippen LogP contribution >= 0.6 is 0 Å². The first-order valence-electron chi connectivity index (χ1n) is 6.81. The maximum atomic E-state index is 12.1. The predicted molar refractivity (Wildman–Crippen MR) is 78.6 cm³/mol. The van der Waals surface area contributed by atoms with E-state index in [-0.39, 0.29) is 23.0 Å². The Labute approximate surface area is 118 Å². The molecule has 3 N–H and O–H groups in total. The van der Waals surface area contributed by atoms with E-state index in [4.69, 9.17) is 5.73 Å². The summed E-state index contributed by atoms with van der Waals surface area (Å²) in [5, 5.41) is 13.8. The second kappa shape index (κ2) is 7.47. The van der Waals surface area contributed by atoms with E-state index >= 15 is 0 Å². The third-order valence-corrected chi connectivity index (χ3v) is 3.11. The Kier molecular flexibility index (Phi) is 5.96. The molecule has 1 amide bonds. The van der Waals surface area contributed by atoms with Crippen LogP contribution in [-0.2, 0) is 0 Å². The van der Waals surface area contributed by atoms with Gasteiger partial charge in [-0.2, -0.15) is 0 Å². The van der Waals surface area contributed by atoms with Crippen LogP contribution in [-0.4, -0.2) is 16.9 Å². The summed E-state index contributed by atoms with van der Waals surface area (Å²) < 4.78 is 0. The number of benzene rings is 1. The highest BCUT2D eigenvalue weighted by Gasteiger charge is 2.23. The molecule has 1 atom stereocenters. The van der Waals surface area contributed by atoms with Crippen LogP contribution in [0.25, 0.3) is 0 Å². The molecule has 0 bridgehead atoms. The number of unbranched alkanes of at least 4 members (excludes halogenated alkanes) is 2. The number of nitrogens with one attached hydrogen (secondary N) is 1. The molecule has 0 saturated heterocycles. The van der Waals surface area contributed by atoms with Crippen LogP contribution in [0.1, 0.15) is 49.9 Å². The van der Waals surface area contributed by atoms with Crippen molar-refractivity contribution in [3.8, 4) is 0 Å². The van der Waals surface area contributed by atoms with E-state index in [1.807, 2.05) is 6.92 Å². The molecule has 1 unspecified atom stereocenters. The maximum Gasteiger partial charge on any atom is 0.304 e.